The summed E-state index contributed by atoms with van der Waals surface area (Å²) in [7, 11) is 0. The highest BCUT2D eigenvalue weighted by Gasteiger charge is 2.09. The van der Waals surface area contributed by atoms with Crippen LogP contribution in [-0.4, -0.2) is 16.1 Å². The third kappa shape index (κ3) is 3.26. The molecule has 1 aromatic heterocycles. The van der Waals surface area contributed by atoms with Gasteiger partial charge in [-0.3, -0.25) is 15.5 Å². The van der Waals surface area contributed by atoms with E-state index in [1.807, 2.05) is 0 Å². The normalized spacial score (nSPS) is 10.8. The quantitative estimate of drug-likeness (QED) is 0.507. The summed E-state index contributed by atoms with van der Waals surface area (Å²) in [4.78, 5) is 14.3. The lowest BCUT2D eigenvalue weighted by atomic mass is 10.1. The standard InChI is InChI=1S/C11H11N5O2S/c1-7-2-3-8(4-9(7)16(17)18)5-13-15-11-14-10(12)6-19-11/h2-6H,12H2,1H3,(H,14,15). The molecule has 2 rings (SSSR count). The molecular weight excluding hydrogens is 266 g/mol. The van der Waals surface area contributed by atoms with Crippen LogP contribution >= 0.6 is 11.3 Å². The van der Waals surface area contributed by atoms with E-state index in [1.165, 1.54) is 23.6 Å². The highest BCUT2D eigenvalue weighted by atomic mass is 32.1. The molecule has 0 fully saturated rings. The van der Waals surface area contributed by atoms with Gasteiger partial charge in [0.25, 0.3) is 5.69 Å². The number of benzene rings is 1. The molecule has 0 aliphatic heterocycles. The first-order valence-electron chi connectivity index (χ1n) is 5.31. The lowest BCUT2D eigenvalue weighted by Gasteiger charge is -1.98. The molecule has 7 nitrogen and oxygen atoms in total. The molecule has 0 saturated heterocycles. The van der Waals surface area contributed by atoms with Gasteiger partial charge in [-0.1, -0.05) is 12.1 Å². The van der Waals surface area contributed by atoms with Gasteiger partial charge in [-0.2, -0.15) is 5.10 Å². The summed E-state index contributed by atoms with van der Waals surface area (Å²) in [5.41, 5.74) is 9.49. The number of rotatable bonds is 4. The van der Waals surface area contributed by atoms with E-state index in [0.29, 0.717) is 22.1 Å². The number of aryl methyl sites for hydroxylation is 1. The Hall–Kier alpha value is -2.48. The molecule has 3 N–H and O–H groups in total. The average molecular weight is 277 g/mol. The number of anilines is 2. The molecule has 0 radical (unpaired) electrons. The van der Waals surface area contributed by atoms with E-state index < -0.39 is 4.92 Å². The van der Waals surface area contributed by atoms with Crippen LogP contribution in [0.3, 0.4) is 0 Å². The van der Waals surface area contributed by atoms with Gasteiger partial charge in [0.15, 0.2) is 0 Å². The summed E-state index contributed by atoms with van der Waals surface area (Å²) in [5.74, 6) is 0.425. The Morgan fingerprint density at radius 2 is 2.37 bits per heavy atom. The van der Waals surface area contributed by atoms with Crippen molar-refractivity contribution in [2.24, 2.45) is 5.10 Å². The number of aromatic nitrogens is 1. The second-order valence-electron chi connectivity index (χ2n) is 3.75. The number of nitrogens with two attached hydrogens (primary N) is 1. The van der Waals surface area contributed by atoms with Crippen LogP contribution in [0.5, 0.6) is 0 Å². The smallest absolute Gasteiger partial charge is 0.272 e. The fourth-order valence-electron chi connectivity index (χ4n) is 1.40. The minimum Gasteiger partial charge on any atom is -0.383 e. The Morgan fingerprint density at radius 3 is 3.00 bits per heavy atom. The van der Waals surface area contributed by atoms with Crippen molar-refractivity contribution in [3.8, 4) is 0 Å². The van der Waals surface area contributed by atoms with Gasteiger partial charge in [-0.15, -0.1) is 11.3 Å². The van der Waals surface area contributed by atoms with Gasteiger partial charge in [0, 0.05) is 22.6 Å². The molecule has 8 heteroatoms. The SMILES string of the molecule is Cc1ccc(C=NNc2nc(N)cs2)cc1[N+](=O)[O-]. The molecule has 19 heavy (non-hydrogen) atoms. The van der Waals surface area contributed by atoms with Crippen LogP contribution in [0.2, 0.25) is 0 Å². The highest BCUT2D eigenvalue weighted by molar-refractivity contribution is 7.14. The molecule has 0 unspecified atom stereocenters. The summed E-state index contributed by atoms with van der Waals surface area (Å²) in [5, 5.41) is 17.0. The van der Waals surface area contributed by atoms with E-state index in [-0.39, 0.29) is 5.69 Å². The maximum Gasteiger partial charge on any atom is 0.272 e. The summed E-state index contributed by atoms with van der Waals surface area (Å²) < 4.78 is 0. The van der Waals surface area contributed by atoms with Crippen molar-refractivity contribution < 1.29 is 4.92 Å². The van der Waals surface area contributed by atoms with Crippen LogP contribution in [0.15, 0.2) is 28.7 Å². The van der Waals surface area contributed by atoms with Crippen LogP contribution in [-0.2, 0) is 0 Å². The molecule has 98 valence electrons. The Labute approximate surface area is 112 Å². The van der Waals surface area contributed by atoms with Gasteiger partial charge >= 0.3 is 0 Å². The lowest BCUT2D eigenvalue weighted by molar-refractivity contribution is -0.385. The van der Waals surface area contributed by atoms with Crippen molar-refractivity contribution >= 4 is 34.2 Å². The van der Waals surface area contributed by atoms with Crippen LogP contribution in [0.4, 0.5) is 16.6 Å². The predicted octanol–water partition coefficient (Wildman–Crippen LogP) is 2.39. The van der Waals surface area contributed by atoms with Crippen molar-refractivity contribution in [2.45, 2.75) is 6.92 Å². The average Bonchev–Trinajstić information content (AvgIpc) is 2.77. The third-order valence-corrected chi connectivity index (χ3v) is 3.09. The molecule has 0 aliphatic rings. The first-order valence-corrected chi connectivity index (χ1v) is 6.19. The number of nitro groups is 1. The topological polar surface area (TPSA) is 106 Å². The van der Waals surface area contributed by atoms with E-state index in [0.717, 1.165) is 0 Å². The number of thiazole rings is 1. The zero-order valence-electron chi connectivity index (χ0n) is 10.0. The van der Waals surface area contributed by atoms with Crippen LogP contribution in [0, 0.1) is 17.0 Å². The molecule has 2 aromatic rings. The van der Waals surface area contributed by atoms with Crippen molar-refractivity contribution in [2.75, 3.05) is 11.2 Å². The van der Waals surface area contributed by atoms with Gasteiger partial charge < -0.3 is 5.73 Å². The van der Waals surface area contributed by atoms with Crippen molar-refractivity contribution in [1.29, 1.82) is 0 Å². The molecular formula is C11H11N5O2S. The van der Waals surface area contributed by atoms with Crippen molar-refractivity contribution in [3.63, 3.8) is 0 Å². The molecule has 0 spiro atoms. The van der Waals surface area contributed by atoms with Gasteiger partial charge in [0.2, 0.25) is 5.13 Å². The molecule has 0 saturated carbocycles. The largest absolute Gasteiger partial charge is 0.383 e. The van der Waals surface area contributed by atoms with E-state index >= 15 is 0 Å². The summed E-state index contributed by atoms with van der Waals surface area (Å²) >= 11 is 1.33. The minimum atomic E-state index is -0.415. The van der Waals surface area contributed by atoms with Gasteiger partial charge in [0.1, 0.15) is 5.82 Å². The molecule has 0 atom stereocenters. The number of hydrogen-bond donors (Lipinski definition) is 2. The Bertz CT molecular complexity index is 638. The number of nitrogens with zero attached hydrogens (tertiary/aromatic N) is 3. The summed E-state index contributed by atoms with van der Waals surface area (Å²) in [6, 6.07) is 4.90. The van der Waals surface area contributed by atoms with Crippen LogP contribution in [0.25, 0.3) is 0 Å². The van der Waals surface area contributed by atoms with E-state index in [4.69, 9.17) is 5.73 Å². The minimum absolute atomic E-state index is 0.0717. The van der Waals surface area contributed by atoms with Crippen molar-refractivity contribution in [3.05, 3.63) is 44.8 Å². The van der Waals surface area contributed by atoms with Gasteiger partial charge in [-0.25, -0.2) is 4.98 Å². The number of hydrogen-bond acceptors (Lipinski definition) is 7. The van der Waals surface area contributed by atoms with Gasteiger partial charge in [-0.05, 0) is 6.92 Å². The summed E-state index contributed by atoms with van der Waals surface area (Å²) in [6.07, 6.45) is 1.49. The van der Waals surface area contributed by atoms with E-state index in [9.17, 15) is 10.1 Å². The van der Waals surface area contributed by atoms with E-state index in [2.05, 4.69) is 15.5 Å². The fraction of sp³-hybridized carbons (Fsp3) is 0.0909. The van der Waals surface area contributed by atoms with E-state index in [1.54, 1.807) is 24.4 Å². The Kier molecular flexibility index (Phi) is 3.71. The molecule has 0 aliphatic carbocycles. The summed E-state index contributed by atoms with van der Waals surface area (Å²) in [6.45, 7) is 1.69. The Morgan fingerprint density at radius 1 is 1.58 bits per heavy atom. The van der Waals surface area contributed by atoms with Crippen LogP contribution in [0.1, 0.15) is 11.1 Å². The number of nitrogens with one attached hydrogen (secondary N) is 1. The zero-order chi connectivity index (χ0) is 13.8. The number of hydrazone groups is 1. The molecule has 1 heterocycles. The monoisotopic (exact) mass is 277 g/mol. The number of nitrogen functional groups attached to an aromatic ring is 1. The third-order valence-electron chi connectivity index (χ3n) is 2.33. The van der Waals surface area contributed by atoms with Crippen LogP contribution < -0.4 is 11.2 Å². The maximum atomic E-state index is 10.8. The maximum absolute atomic E-state index is 10.8. The predicted molar refractivity (Wildman–Crippen MR) is 75.6 cm³/mol. The zero-order valence-corrected chi connectivity index (χ0v) is 10.8. The molecule has 1 aromatic carbocycles. The second kappa shape index (κ2) is 5.44. The highest BCUT2D eigenvalue weighted by Crippen LogP contribution is 2.19. The molecule has 0 amide bonds. The second-order valence-corrected chi connectivity index (χ2v) is 4.61. The fourth-order valence-corrected chi connectivity index (χ4v) is 1.95. The Balaban J connectivity index is 2.10. The number of nitro benzene ring substituents is 1. The molecule has 0 bridgehead atoms. The lowest BCUT2D eigenvalue weighted by Crippen LogP contribution is -1.95. The first-order chi connectivity index (χ1) is 9.06. The van der Waals surface area contributed by atoms with Gasteiger partial charge in [0.05, 0.1) is 11.1 Å². The first kappa shape index (κ1) is 13.0. The van der Waals surface area contributed by atoms with Crippen molar-refractivity contribution in [1.82, 2.24) is 4.98 Å².